The molecule has 5 heterocycles. The minimum Gasteiger partial charge on any atom is -0.357 e. The number of aliphatic imine (C=N–C) groups is 1. The molecule has 1 N–H and O–H groups in total. The second-order valence-corrected chi connectivity index (χ2v) is 14.3. The molecule has 228 valence electrons. The summed E-state index contributed by atoms with van der Waals surface area (Å²) in [4.78, 5) is 5.32. The lowest BCUT2D eigenvalue weighted by molar-refractivity contribution is 1.09. The van der Waals surface area contributed by atoms with E-state index < -0.39 is 0 Å². The van der Waals surface area contributed by atoms with Gasteiger partial charge in [0.15, 0.2) is 0 Å². The van der Waals surface area contributed by atoms with Crippen LogP contribution in [-0.4, -0.2) is 20.7 Å². The van der Waals surface area contributed by atoms with Gasteiger partial charge in [-0.05, 0) is 77.9 Å². The number of nitrogens with one attached hydrogen (secondary N) is 1. The van der Waals surface area contributed by atoms with Crippen molar-refractivity contribution in [2.75, 3.05) is 5.32 Å². The molecule has 10 aromatic rings. The first-order valence-electron chi connectivity index (χ1n) is 16.8. The fourth-order valence-corrected chi connectivity index (χ4v) is 9.59. The van der Waals surface area contributed by atoms with Crippen molar-refractivity contribution in [1.29, 1.82) is 0 Å². The summed E-state index contributed by atoms with van der Waals surface area (Å²) in [5, 5.41) is 12.7. The first-order valence-corrected chi connectivity index (χ1v) is 17.6. The van der Waals surface area contributed by atoms with E-state index in [0.717, 1.165) is 17.2 Å². The molecule has 5 heteroatoms. The lowest BCUT2D eigenvalue weighted by Crippen LogP contribution is -2.30. The second kappa shape index (κ2) is 9.25. The second-order valence-electron chi connectivity index (χ2n) is 13.2. The summed E-state index contributed by atoms with van der Waals surface area (Å²) in [6.07, 6.45) is 8.52. The first-order chi connectivity index (χ1) is 24.3. The van der Waals surface area contributed by atoms with Gasteiger partial charge in [0.1, 0.15) is 11.5 Å². The van der Waals surface area contributed by atoms with E-state index in [2.05, 4.69) is 160 Å². The zero-order chi connectivity index (χ0) is 31.8. The molecule has 4 nitrogen and oxygen atoms in total. The van der Waals surface area contributed by atoms with E-state index in [1.54, 1.807) is 0 Å². The van der Waals surface area contributed by atoms with Crippen molar-refractivity contribution in [3.63, 3.8) is 0 Å². The number of hydrogen-bond donors (Lipinski definition) is 1. The van der Waals surface area contributed by atoms with Gasteiger partial charge in [0, 0.05) is 52.8 Å². The number of thiophene rings is 1. The summed E-state index contributed by atoms with van der Waals surface area (Å²) >= 11 is 1.87. The maximum absolute atomic E-state index is 5.32. The van der Waals surface area contributed by atoms with Crippen molar-refractivity contribution in [3.8, 4) is 16.8 Å². The standard InChI is InChI=1S/C44H26N4S/c1-2-10-27(11-3-1)47-37-16-8-4-12-28(37)30-20-25(18-19-38(30)47)26-21-33-31-23-32-29-13-5-9-17-40(29)49-41(32)24-39(31)48-43(33)34(22-26)42-44(48)46-36-15-7-6-14-35(36)45-42/h1-24,36,46H. The van der Waals surface area contributed by atoms with Gasteiger partial charge >= 0.3 is 0 Å². The Kier molecular flexibility index (Phi) is 4.88. The molecule has 0 bridgehead atoms. The average molecular weight is 643 g/mol. The van der Waals surface area contributed by atoms with Crippen molar-refractivity contribution in [2.24, 2.45) is 4.99 Å². The third kappa shape index (κ3) is 3.39. The number of nitrogens with zero attached hydrogens (tertiary/aromatic N) is 3. The molecule has 0 amide bonds. The molecule has 6 aromatic carbocycles. The molecule has 2 aliphatic rings. The first kappa shape index (κ1) is 25.9. The van der Waals surface area contributed by atoms with Crippen LogP contribution in [0.25, 0.3) is 86.0 Å². The Morgan fingerprint density at radius 3 is 2.29 bits per heavy atom. The molecular weight excluding hydrogens is 617 g/mol. The van der Waals surface area contributed by atoms with Gasteiger partial charge in [0.2, 0.25) is 0 Å². The number of hydrogen-bond acceptors (Lipinski definition) is 3. The number of fused-ring (bicyclic) bond motifs is 13. The van der Waals surface area contributed by atoms with Crippen LogP contribution in [0.5, 0.6) is 0 Å². The van der Waals surface area contributed by atoms with Crippen LogP contribution in [0.4, 0.5) is 11.5 Å². The zero-order valence-electron chi connectivity index (χ0n) is 26.2. The Bertz CT molecular complexity index is 3130. The van der Waals surface area contributed by atoms with Crippen molar-refractivity contribution in [2.45, 2.75) is 6.04 Å². The molecule has 12 rings (SSSR count). The molecular formula is C44H26N4S. The summed E-state index contributed by atoms with van der Waals surface area (Å²) in [5.41, 5.74) is 10.5. The largest absolute Gasteiger partial charge is 0.357 e. The van der Waals surface area contributed by atoms with E-state index >= 15 is 0 Å². The van der Waals surface area contributed by atoms with Gasteiger partial charge in [0.25, 0.3) is 0 Å². The van der Waals surface area contributed by atoms with Gasteiger partial charge in [-0.3, -0.25) is 4.40 Å². The third-order valence-corrected chi connectivity index (χ3v) is 11.7. The summed E-state index contributed by atoms with van der Waals surface area (Å²) in [7, 11) is 0. The predicted molar refractivity (Wildman–Crippen MR) is 209 cm³/mol. The summed E-state index contributed by atoms with van der Waals surface area (Å²) < 4.78 is 7.45. The van der Waals surface area contributed by atoms with Crippen molar-refractivity contribution in [1.82, 2.24) is 8.97 Å². The van der Waals surface area contributed by atoms with E-state index in [0.29, 0.717) is 0 Å². The molecule has 49 heavy (non-hydrogen) atoms. The molecule has 4 aromatic heterocycles. The van der Waals surface area contributed by atoms with E-state index in [1.807, 2.05) is 11.3 Å². The van der Waals surface area contributed by atoms with Crippen molar-refractivity contribution in [3.05, 3.63) is 146 Å². The van der Waals surface area contributed by atoms with Crippen LogP contribution >= 0.6 is 11.3 Å². The van der Waals surface area contributed by atoms with Crippen LogP contribution in [0.1, 0.15) is 0 Å². The van der Waals surface area contributed by atoms with Gasteiger partial charge in [0.05, 0.1) is 33.8 Å². The maximum atomic E-state index is 5.32. The quantitative estimate of drug-likeness (QED) is 0.200. The van der Waals surface area contributed by atoms with Gasteiger partial charge in [-0.25, -0.2) is 4.99 Å². The number of allylic oxidation sites excluding steroid dienone is 2. The van der Waals surface area contributed by atoms with Crippen LogP contribution in [0.3, 0.4) is 0 Å². The van der Waals surface area contributed by atoms with E-state index in [-0.39, 0.29) is 6.04 Å². The highest BCUT2D eigenvalue weighted by Crippen LogP contribution is 2.50. The molecule has 0 radical (unpaired) electrons. The van der Waals surface area contributed by atoms with Crippen LogP contribution in [-0.2, 0) is 0 Å². The molecule has 1 aliphatic heterocycles. The van der Waals surface area contributed by atoms with E-state index in [9.17, 15) is 0 Å². The number of para-hydroxylation sites is 2. The van der Waals surface area contributed by atoms with Crippen LogP contribution in [0.15, 0.2) is 151 Å². The average Bonchev–Trinajstić information content (AvgIpc) is 3.88. The SMILES string of the molecule is C1=CC2=Nc3c(n4c5cc6sc7ccccc7c6cc5c5cc(-c6ccc7c(c6)c6ccccc6n7-c6ccccc6)cc3c54)NC2C=C1. The Labute approximate surface area is 284 Å². The number of benzene rings is 6. The van der Waals surface area contributed by atoms with Gasteiger partial charge in [-0.15, -0.1) is 11.3 Å². The highest BCUT2D eigenvalue weighted by molar-refractivity contribution is 7.25. The minimum atomic E-state index is 0.0578. The van der Waals surface area contributed by atoms with Crippen LogP contribution < -0.4 is 5.32 Å². The van der Waals surface area contributed by atoms with Gasteiger partial charge < -0.3 is 9.88 Å². The topological polar surface area (TPSA) is 33.7 Å². The lowest BCUT2D eigenvalue weighted by Gasteiger charge is -2.23. The highest BCUT2D eigenvalue weighted by Gasteiger charge is 2.29. The van der Waals surface area contributed by atoms with Crippen molar-refractivity contribution < 1.29 is 0 Å². The predicted octanol–water partition coefficient (Wildman–Crippen LogP) is 11.8. The number of rotatable bonds is 2. The normalized spacial score (nSPS) is 15.7. The zero-order valence-corrected chi connectivity index (χ0v) is 27.0. The summed E-state index contributed by atoms with van der Waals surface area (Å²) in [6.45, 7) is 0. The molecule has 0 saturated carbocycles. The molecule has 1 unspecified atom stereocenters. The molecule has 0 fully saturated rings. The van der Waals surface area contributed by atoms with Crippen LogP contribution in [0, 0.1) is 0 Å². The van der Waals surface area contributed by atoms with E-state index in [4.69, 9.17) is 4.99 Å². The smallest absolute Gasteiger partial charge is 0.138 e. The maximum Gasteiger partial charge on any atom is 0.138 e. The molecule has 0 saturated heterocycles. The lowest BCUT2D eigenvalue weighted by atomic mass is 9.97. The monoisotopic (exact) mass is 642 g/mol. The molecule has 1 aliphatic carbocycles. The third-order valence-electron chi connectivity index (χ3n) is 10.6. The summed E-state index contributed by atoms with van der Waals surface area (Å²) in [5.74, 6) is 1.07. The van der Waals surface area contributed by atoms with Gasteiger partial charge in [-0.2, -0.15) is 0 Å². The Hall–Kier alpha value is -6.17. The fraction of sp³-hybridized carbons (Fsp3) is 0.0227. The minimum absolute atomic E-state index is 0.0578. The highest BCUT2D eigenvalue weighted by atomic mass is 32.1. The number of anilines is 1. The Morgan fingerprint density at radius 2 is 1.35 bits per heavy atom. The van der Waals surface area contributed by atoms with Crippen LogP contribution in [0.2, 0.25) is 0 Å². The Balaban J connectivity index is 1.18. The Morgan fingerprint density at radius 1 is 0.571 bits per heavy atom. The molecule has 1 atom stereocenters. The van der Waals surface area contributed by atoms with Crippen molar-refractivity contribution >= 4 is 97.7 Å². The molecule has 0 spiro atoms. The summed E-state index contributed by atoms with van der Waals surface area (Å²) in [6, 6.07) is 44.8. The number of aromatic nitrogens is 2. The fourth-order valence-electron chi connectivity index (χ4n) is 8.47. The van der Waals surface area contributed by atoms with E-state index in [1.165, 1.54) is 86.0 Å². The van der Waals surface area contributed by atoms with Gasteiger partial charge in [-0.1, -0.05) is 78.9 Å².